The molecule has 30 heavy (non-hydrogen) atoms. The van der Waals surface area contributed by atoms with Gasteiger partial charge in [0.25, 0.3) is 0 Å². The van der Waals surface area contributed by atoms with Crippen molar-refractivity contribution in [3.63, 3.8) is 0 Å². The van der Waals surface area contributed by atoms with Crippen molar-refractivity contribution in [1.82, 2.24) is 0 Å². The first kappa shape index (κ1) is 20.0. The molecule has 5 rings (SSSR count). The van der Waals surface area contributed by atoms with Crippen LogP contribution in [0.5, 0.6) is 0 Å². The number of hydrogen-bond donors (Lipinski definition) is 2. The highest BCUT2D eigenvalue weighted by Crippen LogP contribution is 2.37. The molecule has 0 saturated carbocycles. The topological polar surface area (TPSA) is 49.7 Å². The van der Waals surface area contributed by atoms with E-state index in [1.807, 2.05) is 24.3 Å². The Hall–Kier alpha value is -1.95. The third kappa shape index (κ3) is 3.98. The molecule has 5 heteroatoms. The highest BCUT2D eigenvalue weighted by atomic mass is 35.5. The largest absolute Gasteiger partial charge is 0.394 e. The summed E-state index contributed by atoms with van der Waals surface area (Å²) >= 11 is 7.94. The summed E-state index contributed by atoms with van der Waals surface area (Å²) in [6.45, 7) is -0.0739. The first-order chi connectivity index (χ1) is 14.6. The maximum absolute atomic E-state index is 10.3. The van der Waals surface area contributed by atoms with E-state index in [0.29, 0.717) is 12.8 Å². The van der Waals surface area contributed by atoms with E-state index in [9.17, 15) is 10.2 Å². The van der Waals surface area contributed by atoms with Gasteiger partial charge in [-0.2, -0.15) is 0 Å². The average molecular weight is 439 g/mol. The fraction of sp³-hybridized carbons (Fsp3) is 0.280. The minimum Gasteiger partial charge on any atom is -0.394 e. The van der Waals surface area contributed by atoms with Gasteiger partial charge in [-0.1, -0.05) is 48.0 Å². The number of aliphatic hydroxyl groups excluding tert-OH is 2. The first-order valence-electron chi connectivity index (χ1n) is 10.2. The second-order valence-electron chi connectivity index (χ2n) is 8.03. The van der Waals surface area contributed by atoms with E-state index in [0.717, 1.165) is 22.4 Å². The Labute approximate surface area is 184 Å². The molecule has 3 nitrogen and oxygen atoms in total. The lowest BCUT2D eigenvalue weighted by Gasteiger charge is -2.33. The molecule has 4 aromatic rings. The van der Waals surface area contributed by atoms with Crippen molar-refractivity contribution in [1.29, 1.82) is 0 Å². The molecule has 3 aromatic carbocycles. The standard InChI is InChI=1S/C25H23ClO3S/c26-18-5-6-25-17(10-18)11-21(30-25)8-15-7-16-3-1-2-4-22(16)23(9-15)24-13-19(28)12-20(14-27)29-24/h1-7,9-11,19-20,24,27-28H,8,12-14H2. The van der Waals surface area contributed by atoms with Crippen LogP contribution in [0.1, 0.15) is 34.9 Å². The molecule has 154 valence electrons. The highest BCUT2D eigenvalue weighted by Gasteiger charge is 2.30. The number of benzene rings is 3. The van der Waals surface area contributed by atoms with Crippen molar-refractivity contribution in [2.75, 3.05) is 6.61 Å². The maximum atomic E-state index is 10.3. The lowest BCUT2D eigenvalue weighted by Crippen LogP contribution is -2.33. The zero-order valence-electron chi connectivity index (χ0n) is 16.4. The number of ether oxygens (including phenoxy) is 1. The number of fused-ring (bicyclic) bond motifs is 2. The second-order valence-corrected chi connectivity index (χ2v) is 9.64. The maximum Gasteiger partial charge on any atom is 0.0860 e. The Morgan fingerprint density at radius 2 is 1.87 bits per heavy atom. The van der Waals surface area contributed by atoms with Crippen molar-refractivity contribution in [2.45, 2.75) is 37.6 Å². The number of hydrogen-bond acceptors (Lipinski definition) is 4. The van der Waals surface area contributed by atoms with Gasteiger partial charge in [0.15, 0.2) is 0 Å². The lowest BCUT2D eigenvalue weighted by atomic mass is 9.90. The number of thiophene rings is 1. The minimum absolute atomic E-state index is 0.0739. The molecular weight excluding hydrogens is 416 g/mol. The molecule has 0 bridgehead atoms. The normalized spacial score (nSPS) is 22.0. The van der Waals surface area contributed by atoms with Crippen molar-refractivity contribution in [2.24, 2.45) is 0 Å². The van der Waals surface area contributed by atoms with Gasteiger partial charge in [0.1, 0.15) is 0 Å². The molecule has 3 atom stereocenters. The van der Waals surface area contributed by atoms with Gasteiger partial charge in [-0.3, -0.25) is 0 Å². The molecule has 3 unspecified atom stereocenters. The molecule has 1 aliphatic heterocycles. The summed E-state index contributed by atoms with van der Waals surface area (Å²) in [7, 11) is 0. The average Bonchev–Trinajstić information content (AvgIpc) is 3.13. The molecule has 1 aliphatic rings. The number of halogens is 1. The Morgan fingerprint density at radius 1 is 1.00 bits per heavy atom. The van der Waals surface area contributed by atoms with Gasteiger partial charge in [-0.15, -0.1) is 11.3 Å². The molecule has 2 heterocycles. The molecule has 1 saturated heterocycles. The second kappa shape index (κ2) is 8.29. The van der Waals surface area contributed by atoms with Crippen LogP contribution in [-0.4, -0.2) is 29.0 Å². The van der Waals surface area contributed by atoms with Gasteiger partial charge in [0.05, 0.1) is 24.9 Å². The quantitative estimate of drug-likeness (QED) is 0.418. The Morgan fingerprint density at radius 3 is 2.73 bits per heavy atom. The van der Waals surface area contributed by atoms with Crippen molar-refractivity contribution in [3.8, 4) is 0 Å². The molecule has 2 N–H and O–H groups in total. The van der Waals surface area contributed by atoms with Crippen LogP contribution < -0.4 is 0 Å². The predicted octanol–water partition coefficient (Wildman–Crippen LogP) is 5.87. The summed E-state index contributed by atoms with van der Waals surface area (Å²) in [5.74, 6) is 0. The van der Waals surface area contributed by atoms with E-state index >= 15 is 0 Å². The zero-order valence-corrected chi connectivity index (χ0v) is 18.0. The van der Waals surface area contributed by atoms with Crippen molar-refractivity contribution < 1.29 is 14.9 Å². The van der Waals surface area contributed by atoms with Gasteiger partial charge < -0.3 is 14.9 Å². The summed E-state index contributed by atoms with van der Waals surface area (Å²) in [5.41, 5.74) is 2.30. The molecule has 0 aliphatic carbocycles. The van der Waals surface area contributed by atoms with Crippen LogP contribution in [0.25, 0.3) is 20.9 Å². The van der Waals surface area contributed by atoms with Crippen LogP contribution in [0.15, 0.2) is 60.7 Å². The molecule has 0 spiro atoms. The van der Waals surface area contributed by atoms with Crippen molar-refractivity contribution in [3.05, 3.63) is 81.7 Å². The summed E-state index contributed by atoms with van der Waals surface area (Å²) in [6.07, 6.45) is 0.842. The van der Waals surface area contributed by atoms with Crippen LogP contribution in [0.4, 0.5) is 0 Å². The van der Waals surface area contributed by atoms with E-state index in [4.69, 9.17) is 16.3 Å². The SMILES string of the molecule is OCC1CC(O)CC(c2cc(Cc3cc4cc(Cl)ccc4s3)cc3ccccc23)O1. The molecule has 0 radical (unpaired) electrons. The van der Waals surface area contributed by atoms with Crippen LogP contribution in [0, 0.1) is 0 Å². The molecule has 1 fully saturated rings. The Bertz CT molecular complexity index is 1200. The number of rotatable bonds is 4. The fourth-order valence-corrected chi connectivity index (χ4v) is 5.70. The molecule has 0 amide bonds. The summed E-state index contributed by atoms with van der Waals surface area (Å²) < 4.78 is 7.38. The lowest BCUT2D eigenvalue weighted by molar-refractivity contribution is -0.113. The van der Waals surface area contributed by atoms with E-state index in [-0.39, 0.29) is 18.8 Å². The first-order valence-corrected chi connectivity index (χ1v) is 11.4. The monoisotopic (exact) mass is 438 g/mol. The molecular formula is C25H23ClO3S. The van der Waals surface area contributed by atoms with Gasteiger partial charge in [-0.25, -0.2) is 0 Å². The van der Waals surface area contributed by atoms with E-state index < -0.39 is 6.10 Å². The smallest absolute Gasteiger partial charge is 0.0860 e. The summed E-state index contributed by atoms with van der Waals surface area (Å²) in [4.78, 5) is 1.28. The van der Waals surface area contributed by atoms with E-state index in [2.05, 4.69) is 36.4 Å². The van der Waals surface area contributed by atoms with Crippen LogP contribution in [0.2, 0.25) is 5.02 Å². The highest BCUT2D eigenvalue weighted by molar-refractivity contribution is 7.19. The van der Waals surface area contributed by atoms with Crippen LogP contribution >= 0.6 is 22.9 Å². The summed E-state index contributed by atoms with van der Waals surface area (Å²) in [6, 6.07) is 21.0. The Balaban J connectivity index is 1.54. The van der Waals surface area contributed by atoms with Gasteiger partial charge in [0, 0.05) is 33.9 Å². The van der Waals surface area contributed by atoms with Gasteiger partial charge in [0.2, 0.25) is 0 Å². The predicted molar refractivity (Wildman–Crippen MR) is 124 cm³/mol. The third-order valence-electron chi connectivity index (χ3n) is 5.79. The Kier molecular flexibility index (Phi) is 5.52. The van der Waals surface area contributed by atoms with Crippen molar-refractivity contribution >= 4 is 43.8 Å². The van der Waals surface area contributed by atoms with Gasteiger partial charge in [-0.05, 0) is 51.6 Å². The van der Waals surface area contributed by atoms with E-state index in [1.54, 1.807) is 11.3 Å². The zero-order chi connectivity index (χ0) is 20.7. The number of aliphatic hydroxyl groups is 2. The fourth-order valence-electron chi connectivity index (χ4n) is 4.44. The minimum atomic E-state index is -0.462. The third-order valence-corrected chi connectivity index (χ3v) is 7.14. The van der Waals surface area contributed by atoms with Crippen LogP contribution in [0.3, 0.4) is 0 Å². The summed E-state index contributed by atoms with van der Waals surface area (Å²) in [5, 5.41) is 24.1. The van der Waals surface area contributed by atoms with Gasteiger partial charge >= 0.3 is 0 Å². The van der Waals surface area contributed by atoms with E-state index in [1.165, 1.54) is 25.9 Å². The molecule has 1 aromatic heterocycles. The van der Waals surface area contributed by atoms with Crippen LogP contribution in [-0.2, 0) is 11.2 Å².